The first-order valence-electron chi connectivity index (χ1n) is 6.92. The first-order valence-corrected chi connectivity index (χ1v) is 6.92. The largest absolute Gasteiger partial charge is 0.480 e. The van der Waals surface area contributed by atoms with Gasteiger partial charge in [-0.3, -0.25) is 4.90 Å². The second-order valence-corrected chi connectivity index (χ2v) is 4.93. The van der Waals surface area contributed by atoms with E-state index >= 15 is 0 Å². The van der Waals surface area contributed by atoms with Gasteiger partial charge in [0.15, 0.2) is 11.4 Å². The van der Waals surface area contributed by atoms with E-state index in [4.69, 9.17) is 14.0 Å². The van der Waals surface area contributed by atoms with Gasteiger partial charge in [-0.1, -0.05) is 5.16 Å². The second kappa shape index (κ2) is 6.24. The summed E-state index contributed by atoms with van der Waals surface area (Å²) >= 11 is 0. The summed E-state index contributed by atoms with van der Waals surface area (Å²) in [7, 11) is 5.07. The Morgan fingerprint density at radius 3 is 2.64 bits per heavy atom. The van der Waals surface area contributed by atoms with Crippen LogP contribution in [0.2, 0.25) is 0 Å². The number of hydrogen-bond acceptors (Lipinski definition) is 9. The third-order valence-electron chi connectivity index (χ3n) is 3.63. The van der Waals surface area contributed by atoms with E-state index in [1.807, 2.05) is 7.05 Å². The average Bonchev–Trinajstić information content (AvgIpc) is 3.03. The normalized spacial score (nSPS) is 19.1. The van der Waals surface area contributed by atoms with Crippen LogP contribution in [0.4, 0.5) is 0 Å². The predicted molar refractivity (Wildman–Crippen MR) is 76.7 cm³/mol. The number of piperazine rings is 1. The number of ether oxygens (including phenoxy) is 2. The molecule has 1 N–H and O–H groups in total. The number of aromatic nitrogens is 4. The van der Waals surface area contributed by atoms with Crippen molar-refractivity contribution in [2.75, 3.05) is 40.9 Å². The average molecular weight is 306 g/mol. The van der Waals surface area contributed by atoms with Crippen LogP contribution in [0.1, 0.15) is 11.9 Å². The molecule has 0 spiro atoms. The molecular formula is C13H18N6O3. The predicted octanol–water partition coefficient (Wildman–Crippen LogP) is 0.120. The third-order valence-corrected chi connectivity index (χ3v) is 3.63. The highest BCUT2D eigenvalue weighted by Crippen LogP contribution is 2.34. The Bertz CT molecular complexity index is 624. The third kappa shape index (κ3) is 2.60. The number of nitrogens with zero attached hydrogens (tertiary/aromatic N) is 5. The van der Waals surface area contributed by atoms with Crippen molar-refractivity contribution in [1.29, 1.82) is 0 Å². The molecule has 0 amide bonds. The lowest BCUT2D eigenvalue weighted by Gasteiger charge is -2.30. The van der Waals surface area contributed by atoms with Crippen molar-refractivity contribution in [2.45, 2.75) is 6.04 Å². The smallest absolute Gasteiger partial charge is 0.269 e. The summed E-state index contributed by atoms with van der Waals surface area (Å²) in [6.07, 6.45) is 1.36. The first kappa shape index (κ1) is 14.7. The number of likely N-dealkylation sites (N-methyl/N-ethyl adjacent to an activating group) is 1. The van der Waals surface area contributed by atoms with Gasteiger partial charge in [0.05, 0.1) is 20.3 Å². The summed E-state index contributed by atoms with van der Waals surface area (Å²) in [6.45, 7) is 2.65. The van der Waals surface area contributed by atoms with E-state index in [1.165, 1.54) is 20.5 Å². The Balaban J connectivity index is 1.97. The van der Waals surface area contributed by atoms with Gasteiger partial charge in [0.25, 0.3) is 5.89 Å². The maximum atomic E-state index is 5.38. The molecule has 3 rings (SSSR count). The van der Waals surface area contributed by atoms with Crippen molar-refractivity contribution in [3.63, 3.8) is 0 Å². The van der Waals surface area contributed by atoms with Crippen molar-refractivity contribution in [2.24, 2.45) is 0 Å². The quantitative estimate of drug-likeness (QED) is 0.844. The molecule has 9 heteroatoms. The lowest BCUT2D eigenvalue weighted by molar-refractivity contribution is 0.190. The fourth-order valence-corrected chi connectivity index (χ4v) is 2.41. The summed E-state index contributed by atoms with van der Waals surface area (Å²) in [5.41, 5.74) is 0.456. The highest BCUT2D eigenvalue weighted by molar-refractivity contribution is 5.65. The van der Waals surface area contributed by atoms with E-state index in [2.05, 4.69) is 30.3 Å². The van der Waals surface area contributed by atoms with Gasteiger partial charge in [-0.05, 0) is 7.05 Å². The van der Waals surface area contributed by atoms with E-state index < -0.39 is 0 Å². The molecule has 0 aliphatic carbocycles. The molecule has 0 bridgehead atoms. The van der Waals surface area contributed by atoms with Crippen LogP contribution in [0, 0.1) is 0 Å². The van der Waals surface area contributed by atoms with Gasteiger partial charge in [-0.2, -0.15) is 4.98 Å². The minimum absolute atomic E-state index is 0.0628. The van der Waals surface area contributed by atoms with Gasteiger partial charge in [0.2, 0.25) is 11.8 Å². The van der Waals surface area contributed by atoms with Gasteiger partial charge in [-0.15, -0.1) is 0 Å². The molecule has 1 fully saturated rings. The molecule has 0 saturated carbocycles. The van der Waals surface area contributed by atoms with Crippen LogP contribution in [-0.4, -0.2) is 65.9 Å². The van der Waals surface area contributed by atoms with E-state index in [0.717, 1.165) is 19.6 Å². The van der Waals surface area contributed by atoms with Crippen LogP contribution >= 0.6 is 0 Å². The molecule has 3 heterocycles. The Morgan fingerprint density at radius 1 is 1.27 bits per heavy atom. The van der Waals surface area contributed by atoms with Crippen molar-refractivity contribution in [1.82, 2.24) is 30.3 Å². The molecule has 22 heavy (non-hydrogen) atoms. The zero-order chi connectivity index (χ0) is 15.5. The van der Waals surface area contributed by atoms with Crippen LogP contribution in [0.5, 0.6) is 11.8 Å². The zero-order valence-electron chi connectivity index (χ0n) is 12.7. The molecule has 9 nitrogen and oxygen atoms in total. The number of nitrogens with one attached hydrogen (secondary N) is 1. The molecular weight excluding hydrogens is 288 g/mol. The van der Waals surface area contributed by atoms with Crippen LogP contribution in [0.25, 0.3) is 11.5 Å². The van der Waals surface area contributed by atoms with Gasteiger partial charge >= 0.3 is 0 Å². The number of methoxy groups -OCH3 is 2. The highest BCUT2D eigenvalue weighted by Gasteiger charge is 2.28. The van der Waals surface area contributed by atoms with Crippen LogP contribution < -0.4 is 14.8 Å². The molecule has 1 unspecified atom stereocenters. The molecule has 0 radical (unpaired) electrons. The van der Waals surface area contributed by atoms with Crippen molar-refractivity contribution in [3.8, 4) is 23.2 Å². The van der Waals surface area contributed by atoms with Gasteiger partial charge in [0, 0.05) is 19.6 Å². The first-order chi connectivity index (χ1) is 10.7. The Kier molecular flexibility index (Phi) is 4.16. The Labute approximate surface area is 127 Å². The van der Waals surface area contributed by atoms with Crippen molar-refractivity contribution in [3.05, 3.63) is 12.2 Å². The van der Waals surface area contributed by atoms with E-state index in [1.54, 1.807) is 0 Å². The van der Waals surface area contributed by atoms with Crippen molar-refractivity contribution >= 4 is 0 Å². The Morgan fingerprint density at radius 2 is 2.00 bits per heavy atom. The lowest BCUT2D eigenvalue weighted by atomic mass is 10.2. The van der Waals surface area contributed by atoms with Gasteiger partial charge in [-0.25, -0.2) is 9.97 Å². The zero-order valence-corrected chi connectivity index (χ0v) is 12.7. The van der Waals surface area contributed by atoms with E-state index in [0.29, 0.717) is 23.1 Å². The molecule has 1 aliphatic heterocycles. The molecule has 118 valence electrons. The molecule has 2 aromatic heterocycles. The fraction of sp³-hybridized carbons (Fsp3) is 0.538. The van der Waals surface area contributed by atoms with Crippen molar-refractivity contribution < 1.29 is 14.0 Å². The molecule has 1 atom stereocenters. The second-order valence-electron chi connectivity index (χ2n) is 4.93. The molecule has 1 saturated heterocycles. The van der Waals surface area contributed by atoms with Crippen LogP contribution in [0.3, 0.4) is 0 Å². The molecule has 1 aliphatic rings. The summed E-state index contributed by atoms with van der Waals surface area (Å²) < 4.78 is 15.9. The van der Waals surface area contributed by atoms with Crippen LogP contribution in [-0.2, 0) is 0 Å². The minimum atomic E-state index is 0.0628. The monoisotopic (exact) mass is 306 g/mol. The van der Waals surface area contributed by atoms with Gasteiger partial charge < -0.3 is 19.3 Å². The summed E-state index contributed by atoms with van der Waals surface area (Å²) in [4.78, 5) is 14.8. The topological polar surface area (TPSA) is 98.4 Å². The van der Waals surface area contributed by atoms with E-state index in [-0.39, 0.29) is 11.9 Å². The maximum absolute atomic E-state index is 5.38. The lowest BCUT2D eigenvalue weighted by Crippen LogP contribution is -2.44. The summed E-state index contributed by atoms with van der Waals surface area (Å²) in [5, 5.41) is 7.40. The van der Waals surface area contributed by atoms with Gasteiger partial charge in [0.1, 0.15) is 6.33 Å². The summed E-state index contributed by atoms with van der Waals surface area (Å²) in [6, 6.07) is 0.0628. The number of rotatable bonds is 4. The summed E-state index contributed by atoms with van der Waals surface area (Å²) in [5.74, 6) is 1.55. The number of hydrogen-bond donors (Lipinski definition) is 1. The molecule has 2 aromatic rings. The SMILES string of the molecule is COc1ncnc(OC)c1-c1nc(C2CNCCN2C)no1. The Hall–Kier alpha value is -2.26. The van der Waals surface area contributed by atoms with E-state index in [9.17, 15) is 0 Å². The standard InChI is InChI=1S/C13H18N6O3/c1-19-5-4-14-6-8(19)10-17-13(22-18-10)9-11(20-2)15-7-16-12(9)21-3/h7-8,14H,4-6H2,1-3H3. The van der Waals surface area contributed by atoms with Crippen LogP contribution in [0.15, 0.2) is 10.9 Å². The highest BCUT2D eigenvalue weighted by atomic mass is 16.5. The maximum Gasteiger partial charge on any atom is 0.269 e. The minimum Gasteiger partial charge on any atom is -0.480 e. The molecule has 0 aromatic carbocycles. The fourth-order valence-electron chi connectivity index (χ4n) is 2.41.